The summed E-state index contributed by atoms with van der Waals surface area (Å²) < 4.78 is 5.30. The quantitative estimate of drug-likeness (QED) is 0.865. The molecule has 0 bridgehead atoms. The first-order chi connectivity index (χ1) is 7.35. The van der Waals surface area contributed by atoms with Crippen molar-refractivity contribution < 1.29 is 4.42 Å². The lowest BCUT2D eigenvalue weighted by Gasteiger charge is -2.07. The second-order valence-electron chi connectivity index (χ2n) is 3.40. The van der Waals surface area contributed by atoms with Crippen LogP contribution in [-0.4, -0.2) is 11.5 Å². The van der Waals surface area contributed by atoms with Crippen molar-refractivity contribution in [2.24, 2.45) is 5.73 Å². The fourth-order valence-electron chi connectivity index (χ4n) is 1.48. The molecule has 2 aromatic heterocycles. The molecule has 2 heterocycles. The maximum Gasteiger partial charge on any atom is 0.162 e. The van der Waals surface area contributed by atoms with Gasteiger partial charge in [0.25, 0.3) is 0 Å². The number of hydrogen-bond donors (Lipinski definition) is 1. The van der Waals surface area contributed by atoms with Gasteiger partial charge in [0.15, 0.2) is 10.8 Å². The van der Waals surface area contributed by atoms with E-state index in [-0.39, 0.29) is 0 Å². The largest absolute Gasteiger partial charge is 0.462 e. The lowest BCUT2D eigenvalue weighted by atomic mass is 10.0. The Morgan fingerprint density at radius 3 is 3.07 bits per heavy atom. The number of nitrogens with two attached hydrogens (primary N) is 1. The van der Waals surface area contributed by atoms with Crippen molar-refractivity contribution in [1.29, 1.82) is 0 Å². The number of furan rings is 1. The maximum atomic E-state index is 5.68. The number of rotatable bonds is 4. The minimum absolute atomic E-state index is 0.366. The van der Waals surface area contributed by atoms with Crippen LogP contribution in [-0.2, 0) is 0 Å². The van der Waals surface area contributed by atoms with Crippen molar-refractivity contribution in [3.05, 3.63) is 29.5 Å². The Bertz CT molecular complexity index is 404. The molecule has 0 saturated carbocycles. The first kappa shape index (κ1) is 10.4. The molecule has 0 radical (unpaired) electrons. The summed E-state index contributed by atoms with van der Waals surface area (Å²) in [5.41, 5.74) is 6.76. The standard InChI is InChI=1S/C11H14N2OS/c1-2-8(6-12)9-7-15-11(13-9)10-4-3-5-14-10/h3-5,7-8H,2,6,12H2,1H3. The third-order valence-corrected chi connectivity index (χ3v) is 3.32. The lowest BCUT2D eigenvalue weighted by molar-refractivity contribution is 0.580. The van der Waals surface area contributed by atoms with Crippen molar-refractivity contribution in [3.63, 3.8) is 0 Å². The number of thiazole rings is 1. The highest BCUT2D eigenvalue weighted by Crippen LogP contribution is 2.27. The molecule has 15 heavy (non-hydrogen) atoms. The Kier molecular flexibility index (Phi) is 3.18. The van der Waals surface area contributed by atoms with Gasteiger partial charge in [0.1, 0.15) is 0 Å². The number of hydrogen-bond acceptors (Lipinski definition) is 4. The monoisotopic (exact) mass is 222 g/mol. The van der Waals surface area contributed by atoms with Crippen molar-refractivity contribution in [2.75, 3.05) is 6.54 Å². The fraction of sp³-hybridized carbons (Fsp3) is 0.364. The molecule has 0 aliphatic carbocycles. The predicted octanol–water partition coefficient (Wildman–Crippen LogP) is 2.86. The molecule has 1 atom stereocenters. The van der Waals surface area contributed by atoms with Crippen LogP contribution in [0.3, 0.4) is 0 Å². The van der Waals surface area contributed by atoms with Gasteiger partial charge in [-0.3, -0.25) is 0 Å². The average Bonchev–Trinajstić information content (AvgIpc) is 2.89. The molecule has 0 saturated heterocycles. The zero-order valence-electron chi connectivity index (χ0n) is 8.64. The molecule has 2 rings (SSSR count). The van der Waals surface area contributed by atoms with Crippen molar-refractivity contribution >= 4 is 11.3 Å². The van der Waals surface area contributed by atoms with Gasteiger partial charge in [-0.1, -0.05) is 6.92 Å². The van der Waals surface area contributed by atoms with E-state index in [1.54, 1.807) is 17.6 Å². The minimum atomic E-state index is 0.366. The van der Waals surface area contributed by atoms with Crippen LogP contribution in [0.2, 0.25) is 0 Å². The van der Waals surface area contributed by atoms with Gasteiger partial charge in [-0.15, -0.1) is 11.3 Å². The van der Waals surface area contributed by atoms with Gasteiger partial charge in [0, 0.05) is 17.8 Å². The molecular weight excluding hydrogens is 208 g/mol. The van der Waals surface area contributed by atoms with E-state index in [0.29, 0.717) is 12.5 Å². The van der Waals surface area contributed by atoms with E-state index in [9.17, 15) is 0 Å². The first-order valence-electron chi connectivity index (χ1n) is 5.04. The van der Waals surface area contributed by atoms with E-state index in [4.69, 9.17) is 10.2 Å². The molecule has 2 N–H and O–H groups in total. The smallest absolute Gasteiger partial charge is 0.162 e. The van der Waals surface area contributed by atoms with Crippen molar-refractivity contribution in [3.8, 4) is 10.8 Å². The fourth-order valence-corrected chi connectivity index (χ4v) is 2.35. The Hall–Kier alpha value is -1.13. The van der Waals surface area contributed by atoms with Crippen LogP contribution in [0.15, 0.2) is 28.2 Å². The normalized spacial score (nSPS) is 12.9. The summed E-state index contributed by atoms with van der Waals surface area (Å²) in [6, 6.07) is 3.79. The summed E-state index contributed by atoms with van der Waals surface area (Å²) in [7, 11) is 0. The molecule has 3 nitrogen and oxygen atoms in total. The molecule has 2 aromatic rings. The molecule has 0 spiro atoms. The van der Waals surface area contributed by atoms with Gasteiger partial charge >= 0.3 is 0 Å². The summed E-state index contributed by atoms with van der Waals surface area (Å²) in [6.07, 6.45) is 2.69. The number of aromatic nitrogens is 1. The van der Waals surface area contributed by atoms with Crippen LogP contribution < -0.4 is 5.73 Å². The van der Waals surface area contributed by atoms with Gasteiger partial charge in [-0.25, -0.2) is 4.98 Å². The van der Waals surface area contributed by atoms with Crippen molar-refractivity contribution in [1.82, 2.24) is 4.98 Å². The second-order valence-corrected chi connectivity index (χ2v) is 4.25. The average molecular weight is 222 g/mol. The third kappa shape index (κ3) is 2.11. The zero-order chi connectivity index (χ0) is 10.7. The Labute approximate surface area is 92.9 Å². The van der Waals surface area contributed by atoms with E-state index in [1.165, 1.54) is 0 Å². The minimum Gasteiger partial charge on any atom is -0.462 e. The lowest BCUT2D eigenvalue weighted by Crippen LogP contribution is -2.11. The van der Waals surface area contributed by atoms with E-state index < -0.39 is 0 Å². The Morgan fingerprint density at radius 1 is 1.60 bits per heavy atom. The summed E-state index contributed by atoms with van der Waals surface area (Å²) in [6.45, 7) is 2.78. The molecule has 0 aliphatic rings. The van der Waals surface area contributed by atoms with E-state index in [0.717, 1.165) is 22.9 Å². The summed E-state index contributed by atoms with van der Waals surface area (Å²) in [5.74, 6) is 1.20. The summed E-state index contributed by atoms with van der Waals surface area (Å²) in [5, 5.41) is 3.00. The van der Waals surface area contributed by atoms with E-state index in [1.807, 2.05) is 12.1 Å². The molecule has 0 aliphatic heterocycles. The van der Waals surface area contributed by atoms with Gasteiger partial charge < -0.3 is 10.2 Å². The zero-order valence-corrected chi connectivity index (χ0v) is 9.46. The summed E-state index contributed by atoms with van der Waals surface area (Å²) >= 11 is 1.61. The van der Waals surface area contributed by atoms with Crippen molar-refractivity contribution in [2.45, 2.75) is 19.3 Å². The predicted molar refractivity (Wildman–Crippen MR) is 61.9 cm³/mol. The molecular formula is C11H14N2OS. The second kappa shape index (κ2) is 4.59. The van der Waals surface area contributed by atoms with Gasteiger partial charge in [0.2, 0.25) is 0 Å². The Morgan fingerprint density at radius 2 is 2.47 bits per heavy atom. The van der Waals surface area contributed by atoms with Crippen LogP contribution in [0, 0.1) is 0 Å². The highest BCUT2D eigenvalue weighted by molar-refractivity contribution is 7.13. The van der Waals surface area contributed by atoms with Gasteiger partial charge in [-0.05, 0) is 18.6 Å². The molecule has 0 amide bonds. The molecule has 0 aromatic carbocycles. The van der Waals surface area contributed by atoms with E-state index >= 15 is 0 Å². The van der Waals surface area contributed by atoms with Crippen LogP contribution in [0.1, 0.15) is 25.0 Å². The number of nitrogens with zero attached hydrogens (tertiary/aromatic N) is 1. The highest BCUT2D eigenvalue weighted by Gasteiger charge is 2.13. The first-order valence-corrected chi connectivity index (χ1v) is 5.92. The van der Waals surface area contributed by atoms with Crippen LogP contribution in [0.5, 0.6) is 0 Å². The van der Waals surface area contributed by atoms with Gasteiger partial charge in [-0.2, -0.15) is 0 Å². The molecule has 0 fully saturated rings. The van der Waals surface area contributed by atoms with E-state index in [2.05, 4.69) is 17.3 Å². The third-order valence-electron chi connectivity index (χ3n) is 2.45. The molecule has 1 unspecified atom stereocenters. The molecule has 4 heteroatoms. The van der Waals surface area contributed by atoms with Gasteiger partial charge in [0.05, 0.1) is 12.0 Å². The summed E-state index contributed by atoms with van der Waals surface area (Å²) in [4.78, 5) is 4.54. The van der Waals surface area contributed by atoms with Crippen LogP contribution in [0.4, 0.5) is 0 Å². The highest BCUT2D eigenvalue weighted by atomic mass is 32.1. The SMILES string of the molecule is CCC(CN)c1csc(-c2ccco2)n1. The molecule has 80 valence electrons. The van der Waals surface area contributed by atoms with Crippen LogP contribution in [0.25, 0.3) is 10.8 Å². The van der Waals surface area contributed by atoms with Crippen LogP contribution >= 0.6 is 11.3 Å². The Balaban J connectivity index is 2.24. The maximum absolute atomic E-state index is 5.68. The topological polar surface area (TPSA) is 52.0 Å².